The van der Waals surface area contributed by atoms with Crippen molar-refractivity contribution in [3.05, 3.63) is 69.8 Å². The van der Waals surface area contributed by atoms with Gasteiger partial charge in [0.2, 0.25) is 0 Å². The number of hydrogen-bond acceptors (Lipinski definition) is 3. The zero-order valence-electron chi connectivity index (χ0n) is 22.9. The highest BCUT2D eigenvalue weighted by Gasteiger charge is 2.35. The molecule has 0 radical (unpaired) electrons. The van der Waals surface area contributed by atoms with Crippen molar-refractivity contribution in [2.45, 2.75) is 56.7 Å². The maximum atomic E-state index is 13.1. The first-order valence-electron chi connectivity index (χ1n) is 13.6. The third-order valence-electron chi connectivity index (χ3n) is 8.07. The van der Waals surface area contributed by atoms with E-state index in [1.165, 1.54) is 25.3 Å². The Labute approximate surface area is 238 Å². The Hall–Kier alpha value is -3.04. The smallest absolute Gasteiger partial charge is 0.350 e. The lowest BCUT2D eigenvalue weighted by molar-refractivity contribution is -0.137. The molecule has 2 fully saturated rings. The van der Waals surface area contributed by atoms with Gasteiger partial charge in [0.25, 0.3) is 5.91 Å². The molecule has 2 aliphatic rings. The molecule has 1 saturated carbocycles. The fourth-order valence-corrected chi connectivity index (χ4v) is 5.69. The number of amides is 3. The van der Waals surface area contributed by atoms with Gasteiger partial charge in [0.05, 0.1) is 10.6 Å². The molecule has 6 nitrogen and oxygen atoms in total. The lowest BCUT2D eigenvalue weighted by Crippen LogP contribution is -2.53. The molecule has 2 aromatic carbocycles. The maximum Gasteiger partial charge on any atom is 0.417 e. The van der Waals surface area contributed by atoms with Crippen LogP contribution in [0.2, 0.25) is 5.02 Å². The molecule has 1 heterocycles. The van der Waals surface area contributed by atoms with Crippen LogP contribution in [-0.2, 0) is 6.18 Å². The van der Waals surface area contributed by atoms with Gasteiger partial charge < -0.3 is 20.4 Å². The Balaban J connectivity index is 1.29. The number of halogens is 4. The fraction of sp³-hybridized carbons (Fsp3) is 0.467. The summed E-state index contributed by atoms with van der Waals surface area (Å²) in [6, 6.07) is 10.4. The number of nitrogens with one attached hydrogen (secondary N) is 2. The number of piperidine rings is 1. The van der Waals surface area contributed by atoms with Gasteiger partial charge in [-0.2, -0.15) is 13.2 Å². The fourth-order valence-electron chi connectivity index (χ4n) is 5.47. The van der Waals surface area contributed by atoms with Crippen molar-refractivity contribution in [1.29, 1.82) is 0 Å². The highest BCUT2D eigenvalue weighted by molar-refractivity contribution is 6.31. The van der Waals surface area contributed by atoms with E-state index in [-0.39, 0.29) is 17.1 Å². The van der Waals surface area contributed by atoms with E-state index in [0.717, 1.165) is 36.1 Å². The molecule has 1 aliphatic carbocycles. The van der Waals surface area contributed by atoms with Crippen molar-refractivity contribution in [1.82, 2.24) is 15.1 Å². The van der Waals surface area contributed by atoms with E-state index in [1.807, 2.05) is 24.3 Å². The largest absolute Gasteiger partial charge is 0.417 e. The Kier molecular flexibility index (Phi) is 9.46. The summed E-state index contributed by atoms with van der Waals surface area (Å²) in [5.41, 5.74) is 1.84. The summed E-state index contributed by atoms with van der Waals surface area (Å²) in [6.07, 6.45) is 4.56. The number of nitrogens with zero attached hydrogens (tertiary/aromatic N) is 2. The van der Waals surface area contributed by atoms with Crippen LogP contribution in [0.25, 0.3) is 6.08 Å². The second kappa shape index (κ2) is 12.6. The Morgan fingerprint density at radius 2 is 1.68 bits per heavy atom. The predicted octanol–water partition coefficient (Wildman–Crippen LogP) is 7.06. The Morgan fingerprint density at radius 3 is 2.27 bits per heavy atom. The minimum absolute atomic E-state index is 0.0187. The van der Waals surface area contributed by atoms with Gasteiger partial charge in [0, 0.05) is 36.4 Å². The van der Waals surface area contributed by atoms with E-state index in [9.17, 15) is 22.8 Å². The second-order valence-corrected chi connectivity index (χ2v) is 11.3. The van der Waals surface area contributed by atoms with Crippen LogP contribution in [0, 0.1) is 0 Å². The summed E-state index contributed by atoms with van der Waals surface area (Å²) in [7, 11) is 4.17. The van der Waals surface area contributed by atoms with E-state index in [0.29, 0.717) is 38.0 Å². The van der Waals surface area contributed by atoms with E-state index in [4.69, 9.17) is 11.6 Å². The summed E-state index contributed by atoms with van der Waals surface area (Å²) >= 11 is 5.66. The second-order valence-electron chi connectivity index (χ2n) is 10.9. The number of likely N-dealkylation sites (tertiary alicyclic amines) is 1. The van der Waals surface area contributed by atoms with Crippen LogP contribution in [-0.4, -0.2) is 61.0 Å². The standard InChI is InChI=1S/C30H36ClF3N4O2/c1-37(2)29(14-4-3-5-15-29)20-35-27(39)23-8-6-21(7-9-23)18-22-12-16-38(17-13-22)28(40)36-24-10-11-26(31)25(19-24)30(32,33)34/h6-11,18-19H,3-5,12-17,20H2,1-2H3,(H,35,39)(H,36,40). The van der Waals surface area contributed by atoms with Gasteiger partial charge >= 0.3 is 12.2 Å². The van der Waals surface area contributed by atoms with Crippen LogP contribution in [0.3, 0.4) is 0 Å². The van der Waals surface area contributed by atoms with Crippen LogP contribution >= 0.6 is 11.6 Å². The predicted molar refractivity (Wildman–Crippen MR) is 153 cm³/mol. The number of rotatable bonds is 6. The summed E-state index contributed by atoms with van der Waals surface area (Å²) < 4.78 is 39.3. The first-order valence-corrected chi connectivity index (χ1v) is 14.0. The molecule has 216 valence electrons. The summed E-state index contributed by atoms with van der Waals surface area (Å²) in [5.74, 6) is -0.0756. The molecule has 1 saturated heterocycles. The quantitative estimate of drug-likeness (QED) is 0.387. The van der Waals surface area contributed by atoms with Gasteiger partial charge in [-0.3, -0.25) is 4.79 Å². The lowest BCUT2D eigenvalue weighted by Gasteiger charge is -2.43. The monoisotopic (exact) mass is 576 g/mol. The highest BCUT2D eigenvalue weighted by Crippen LogP contribution is 2.36. The van der Waals surface area contributed by atoms with Crippen LogP contribution in [0.15, 0.2) is 48.0 Å². The molecule has 10 heteroatoms. The number of urea groups is 1. The zero-order valence-corrected chi connectivity index (χ0v) is 23.7. The third-order valence-corrected chi connectivity index (χ3v) is 8.40. The summed E-state index contributed by atoms with van der Waals surface area (Å²) in [6.45, 7) is 1.53. The Morgan fingerprint density at radius 1 is 1.02 bits per heavy atom. The van der Waals surface area contributed by atoms with Crippen molar-refractivity contribution < 1.29 is 22.8 Å². The molecule has 0 spiro atoms. The van der Waals surface area contributed by atoms with E-state index in [1.54, 1.807) is 4.90 Å². The minimum Gasteiger partial charge on any atom is -0.350 e. The minimum atomic E-state index is -4.60. The highest BCUT2D eigenvalue weighted by atomic mass is 35.5. The summed E-state index contributed by atoms with van der Waals surface area (Å²) in [4.78, 5) is 29.3. The van der Waals surface area contributed by atoms with Gasteiger partial charge in [-0.15, -0.1) is 0 Å². The Bertz CT molecular complexity index is 1230. The van der Waals surface area contributed by atoms with E-state index in [2.05, 4.69) is 35.7 Å². The van der Waals surface area contributed by atoms with Gasteiger partial charge in [-0.25, -0.2) is 4.79 Å². The molecule has 2 aromatic rings. The molecule has 0 aromatic heterocycles. The van der Waals surface area contributed by atoms with Gasteiger partial charge in [0.15, 0.2) is 0 Å². The normalized spacial score (nSPS) is 17.5. The average Bonchev–Trinajstić information content (AvgIpc) is 2.93. The van der Waals surface area contributed by atoms with Crippen molar-refractivity contribution in [3.8, 4) is 0 Å². The van der Waals surface area contributed by atoms with Crippen molar-refractivity contribution >= 4 is 35.3 Å². The first kappa shape index (κ1) is 29.9. The number of carbonyl (C=O) groups is 2. The van der Waals surface area contributed by atoms with Gasteiger partial charge in [-0.05, 0) is 75.7 Å². The zero-order chi connectivity index (χ0) is 28.9. The number of anilines is 1. The third kappa shape index (κ3) is 7.37. The average molecular weight is 577 g/mol. The van der Waals surface area contributed by atoms with Crippen molar-refractivity contribution in [3.63, 3.8) is 0 Å². The number of benzene rings is 2. The van der Waals surface area contributed by atoms with Crippen LogP contribution < -0.4 is 10.6 Å². The molecule has 3 amide bonds. The molecule has 4 rings (SSSR count). The van der Waals surface area contributed by atoms with Gasteiger partial charge in [0.1, 0.15) is 0 Å². The van der Waals surface area contributed by atoms with Crippen LogP contribution in [0.4, 0.5) is 23.7 Å². The SMILES string of the molecule is CN(C)C1(CNC(=O)c2ccc(C=C3CCN(C(=O)Nc4ccc(Cl)c(C(F)(F)F)c4)CC3)cc2)CCCCC1. The molecular weight excluding hydrogens is 541 g/mol. The van der Waals surface area contributed by atoms with Crippen LogP contribution in [0.5, 0.6) is 0 Å². The number of likely N-dealkylation sites (N-methyl/N-ethyl adjacent to an activating group) is 1. The molecule has 0 atom stereocenters. The number of carbonyl (C=O) groups excluding carboxylic acids is 2. The lowest BCUT2D eigenvalue weighted by atomic mass is 9.80. The first-order chi connectivity index (χ1) is 19.0. The van der Waals surface area contributed by atoms with Crippen LogP contribution in [0.1, 0.15) is 66.4 Å². The van der Waals surface area contributed by atoms with Gasteiger partial charge in [-0.1, -0.05) is 54.6 Å². The maximum absolute atomic E-state index is 13.1. The topological polar surface area (TPSA) is 64.7 Å². The molecule has 1 aliphatic heterocycles. The van der Waals surface area contributed by atoms with E-state index < -0.39 is 22.8 Å². The number of hydrogen-bond donors (Lipinski definition) is 2. The molecule has 40 heavy (non-hydrogen) atoms. The number of alkyl halides is 3. The molecule has 2 N–H and O–H groups in total. The van der Waals surface area contributed by atoms with Crippen molar-refractivity contribution in [2.75, 3.05) is 39.0 Å². The van der Waals surface area contributed by atoms with Crippen molar-refractivity contribution in [2.24, 2.45) is 0 Å². The summed E-state index contributed by atoms with van der Waals surface area (Å²) in [5, 5.41) is 5.26. The molecular formula is C30H36ClF3N4O2. The van der Waals surface area contributed by atoms with E-state index >= 15 is 0 Å². The molecule has 0 bridgehead atoms. The molecule has 0 unspecified atom stereocenters.